The van der Waals surface area contributed by atoms with Gasteiger partial charge in [-0.1, -0.05) is 161 Å². The third kappa shape index (κ3) is 4.38. The van der Waals surface area contributed by atoms with E-state index in [0.717, 1.165) is 0 Å². The van der Waals surface area contributed by atoms with Crippen molar-refractivity contribution in [1.82, 2.24) is 0 Å². The number of para-hydroxylation sites is 4. The number of hydrogen-bond donors (Lipinski definition) is 0. The molecule has 4 aliphatic rings. The molecule has 276 valence electrons. The summed E-state index contributed by atoms with van der Waals surface area (Å²) in [5.74, 6) is 0. The van der Waals surface area contributed by atoms with Crippen LogP contribution < -0.4 is 9.80 Å². The van der Waals surface area contributed by atoms with Crippen molar-refractivity contribution >= 4 is 45.3 Å². The number of nitrogens with zero attached hydrogens (tertiary/aromatic N) is 2. The number of benzene rings is 8. The van der Waals surface area contributed by atoms with Crippen molar-refractivity contribution in [1.29, 1.82) is 0 Å². The molecule has 0 saturated heterocycles. The highest BCUT2D eigenvalue weighted by Crippen LogP contribution is 2.59. The van der Waals surface area contributed by atoms with Gasteiger partial charge in [0, 0.05) is 55.6 Å². The van der Waals surface area contributed by atoms with Gasteiger partial charge in [-0.05, 0) is 93.0 Å². The average Bonchev–Trinajstić information content (AvgIpc) is 3.63. The summed E-state index contributed by atoms with van der Waals surface area (Å²) in [6.07, 6.45) is 0. The Kier molecular flexibility index (Phi) is 6.78. The zero-order valence-electron chi connectivity index (χ0n) is 33.2. The molecule has 0 amide bonds. The van der Waals surface area contributed by atoms with Crippen LogP contribution in [0.25, 0.3) is 33.4 Å². The van der Waals surface area contributed by atoms with E-state index >= 15 is 0 Å². The molecule has 0 fully saturated rings. The molecule has 12 rings (SSSR count). The lowest BCUT2D eigenvalue weighted by Crippen LogP contribution is -2.22. The average molecular weight is 743 g/mol. The molecule has 2 heteroatoms. The van der Waals surface area contributed by atoms with Crippen LogP contribution >= 0.6 is 0 Å². The maximum Gasteiger partial charge on any atom is 0.0540 e. The second-order valence-corrected chi connectivity index (χ2v) is 17.3. The highest BCUT2D eigenvalue weighted by atomic mass is 15.2. The van der Waals surface area contributed by atoms with Crippen LogP contribution in [0.3, 0.4) is 0 Å². The minimum absolute atomic E-state index is 0.0934. The van der Waals surface area contributed by atoms with Gasteiger partial charge in [-0.25, -0.2) is 0 Å². The molecule has 2 aliphatic carbocycles. The van der Waals surface area contributed by atoms with E-state index in [1.165, 1.54) is 112 Å². The number of hydrogen-bond acceptors (Lipinski definition) is 2. The van der Waals surface area contributed by atoms with Crippen LogP contribution in [0.1, 0.15) is 72.2 Å². The highest BCUT2D eigenvalue weighted by molar-refractivity contribution is 6.17. The lowest BCUT2D eigenvalue weighted by atomic mass is 9.79. The van der Waals surface area contributed by atoms with Gasteiger partial charge >= 0.3 is 0 Å². The smallest absolute Gasteiger partial charge is 0.0540 e. The van der Waals surface area contributed by atoms with Crippen LogP contribution in [-0.4, -0.2) is 0 Å². The highest BCUT2D eigenvalue weighted by Gasteiger charge is 2.40. The van der Waals surface area contributed by atoms with Crippen molar-refractivity contribution in [2.45, 2.75) is 38.5 Å². The molecule has 0 N–H and O–H groups in total. The number of fused-ring (bicyclic) bond motifs is 10. The Balaban J connectivity index is 1.07. The van der Waals surface area contributed by atoms with Gasteiger partial charge in [0.15, 0.2) is 0 Å². The fourth-order valence-electron chi connectivity index (χ4n) is 10.8. The molecule has 0 aromatic heterocycles. The zero-order chi connectivity index (χ0) is 38.9. The fraction of sp³-hybridized carbons (Fsp3) is 0.107. The van der Waals surface area contributed by atoms with Gasteiger partial charge in [0.1, 0.15) is 0 Å². The van der Waals surface area contributed by atoms with Gasteiger partial charge < -0.3 is 9.80 Å². The molecule has 2 heterocycles. The molecule has 0 atom stereocenters. The van der Waals surface area contributed by atoms with Crippen molar-refractivity contribution in [2.24, 2.45) is 0 Å². The molecule has 8 aromatic carbocycles. The van der Waals surface area contributed by atoms with E-state index < -0.39 is 0 Å². The van der Waals surface area contributed by atoms with Crippen molar-refractivity contribution < 1.29 is 0 Å². The minimum Gasteiger partial charge on any atom is -0.309 e. The summed E-state index contributed by atoms with van der Waals surface area (Å²) in [7, 11) is 0. The Morgan fingerprint density at radius 2 is 0.552 bits per heavy atom. The van der Waals surface area contributed by atoms with Crippen LogP contribution in [0, 0.1) is 0 Å². The van der Waals surface area contributed by atoms with Gasteiger partial charge in [0.05, 0.1) is 22.7 Å². The molecule has 0 bridgehead atoms. The van der Waals surface area contributed by atoms with Gasteiger partial charge in [0.2, 0.25) is 0 Å². The molecule has 0 spiro atoms. The molecule has 0 saturated carbocycles. The summed E-state index contributed by atoms with van der Waals surface area (Å²) in [5, 5.41) is 0. The molecule has 58 heavy (non-hydrogen) atoms. The standard InChI is InChI=1S/C56H42N2/c1-55(2)45-23-11-5-17-37(45)39-31-29-35(33-47(39)55)57-49-25-13-7-19-41(49)53(42-20-8-14-26-50(42)57)54-43-21-9-15-27-51(43)58(52-28-16-10-22-44(52)54)36-30-32-40-38-18-6-12-24-46(38)56(3,4)48(40)34-36/h5-34H,1-4H3. The third-order valence-corrected chi connectivity index (χ3v) is 13.6. The summed E-state index contributed by atoms with van der Waals surface area (Å²) in [6.45, 7) is 9.47. The van der Waals surface area contributed by atoms with Crippen LogP contribution in [0.2, 0.25) is 0 Å². The minimum atomic E-state index is -0.0934. The summed E-state index contributed by atoms with van der Waals surface area (Å²) in [4.78, 5) is 4.98. The Morgan fingerprint density at radius 3 is 0.897 bits per heavy atom. The SMILES string of the molecule is CC1(C)c2ccccc2-c2ccc(N3c4ccccc4C(=C4c5ccccc5N(c5ccc6c(c5)C(C)(C)c5ccccc5-6)c5ccccc54)c4ccccc43)cc21. The van der Waals surface area contributed by atoms with Gasteiger partial charge in [0.25, 0.3) is 0 Å². The summed E-state index contributed by atoms with van der Waals surface area (Å²) in [6, 6.07) is 68.1. The van der Waals surface area contributed by atoms with E-state index in [1.54, 1.807) is 0 Å². The van der Waals surface area contributed by atoms with Gasteiger partial charge in [-0.3, -0.25) is 0 Å². The van der Waals surface area contributed by atoms with Gasteiger partial charge in [-0.2, -0.15) is 0 Å². The summed E-state index contributed by atoms with van der Waals surface area (Å²) < 4.78 is 0. The van der Waals surface area contributed by atoms with Crippen LogP contribution in [0.4, 0.5) is 34.1 Å². The lowest BCUT2D eigenvalue weighted by Gasteiger charge is -2.39. The summed E-state index contributed by atoms with van der Waals surface area (Å²) >= 11 is 0. The van der Waals surface area contributed by atoms with Crippen LogP contribution in [-0.2, 0) is 10.8 Å². The Labute approximate surface area is 341 Å². The Hall–Kier alpha value is -6.90. The second kappa shape index (κ2) is 11.8. The number of anilines is 6. The normalized spacial score (nSPS) is 15.7. The monoisotopic (exact) mass is 742 g/mol. The number of rotatable bonds is 2. The first-order chi connectivity index (χ1) is 28.3. The molecule has 8 aromatic rings. The van der Waals surface area contributed by atoms with E-state index in [4.69, 9.17) is 0 Å². The van der Waals surface area contributed by atoms with E-state index in [0.29, 0.717) is 0 Å². The topological polar surface area (TPSA) is 6.48 Å². The second-order valence-electron chi connectivity index (χ2n) is 17.3. The van der Waals surface area contributed by atoms with Crippen molar-refractivity contribution in [3.63, 3.8) is 0 Å². The first-order valence-electron chi connectivity index (χ1n) is 20.5. The molecule has 0 radical (unpaired) electrons. The predicted molar refractivity (Wildman–Crippen MR) is 242 cm³/mol. The van der Waals surface area contributed by atoms with E-state index in [2.05, 4.69) is 219 Å². The van der Waals surface area contributed by atoms with E-state index in [1.807, 2.05) is 0 Å². The molecular weight excluding hydrogens is 701 g/mol. The van der Waals surface area contributed by atoms with Crippen molar-refractivity contribution in [3.05, 3.63) is 226 Å². The van der Waals surface area contributed by atoms with Crippen molar-refractivity contribution in [2.75, 3.05) is 9.80 Å². The first-order valence-corrected chi connectivity index (χ1v) is 20.5. The maximum absolute atomic E-state index is 2.49. The first kappa shape index (κ1) is 33.3. The van der Waals surface area contributed by atoms with E-state index in [-0.39, 0.29) is 10.8 Å². The fourth-order valence-corrected chi connectivity index (χ4v) is 10.8. The van der Waals surface area contributed by atoms with Crippen LogP contribution in [0.15, 0.2) is 182 Å². The van der Waals surface area contributed by atoms with Crippen LogP contribution in [0.5, 0.6) is 0 Å². The van der Waals surface area contributed by atoms with E-state index in [9.17, 15) is 0 Å². The quantitative estimate of drug-likeness (QED) is 0.174. The molecular formula is C56H42N2. The Morgan fingerprint density at radius 1 is 0.276 bits per heavy atom. The Bertz CT molecular complexity index is 2780. The van der Waals surface area contributed by atoms with Crippen molar-refractivity contribution in [3.8, 4) is 22.3 Å². The van der Waals surface area contributed by atoms with Gasteiger partial charge in [-0.15, -0.1) is 0 Å². The maximum atomic E-state index is 2.49. The molecule has 2 aliphatic heterocycles. The molecule has 0 unspecified atom stereocenters. The third-order valence-electron chi connectivity index (χ3n) is 13.6. The zero-order valence-corrected chi connectivity index (χ0v) is 33.2. The molecule has 2 nitrogen and oxygen atoms in total. The predicted octanol–water partition coefficient (Wildman–Crippen LogP) is 14.9. The largest absolute Gasteiger partial charge is 0.309 e. The lowest BCUT2D eigenvalue weighted by molar-refractivity contribution is 0.660. The summed E-state index contributed by atoms with van der Waals surface area (Å²) in [5.41, 5.74) is 25.3.